The summed E-state index contributed by atoms with van der Waals surface area (Å²) in [6.45, 7) is 4.98. The van der Waals surface area contributed by atoms with E-state index in [1.807, 2.05) is 38.2 Å². The first-order valence-corrected chi connectivity index (χ1v) is 16.1. The third kappa shape index (κ3) is 7.21. The molecule has 0 saturated carbocycles. The summed E-state index contributed by atoms with van der Waals surface area (Å²) in [5.41, 5.74) is 3.54. The van der Waals surface area contributed by atoms with E-state index in [4.69, 9.17) is 4.74 Å². The first-order valence-electron chi connectivity index (χ1n) is 14.0. The fourth-order valence-corrected chi connectivity index (χ4v) is 7.59. The lowest BCUT2D eigenvalue weighted by atomic mass is 9.92. The van der Waals surface area contributed by atoms with Crippen molar-refractivity contribution in [3.8, 4) is 0 Å². The molecule has 1 aromatic rings. The second kappa shape index (κ2) is 14.0. The van der Waals surface area contributed by atoms with E-state index in [9.17, 15) is 24.9 Å². The smallest absolute Gasteiger partial charge is 0.240 e. The van der Waals surface area contributed by atoms with Gasteiger partial charge in [0.25, 0.3) is 0 Å². The van der Waals surface area contributed by atoms with Crippen molar-refractivity contribution >= 4 is 41.0 Å². The van der Waals surface area contributed by atoms with Crippen LogP contribution in [0.25, 0.3) is 0 Å². The number of carbonyl (C=O) groups excluding carboxylic acids is 2. The third-order valence-electron chi connectivity index (χ3n) is 8.06. The number of aliphatic hydroxyl groups excluding tert-OH is 3. The monoisotopic (exact) mass is 594 g/mol. The highest BCUT2D eigenvalue weighted by Crippen LogP contribution is 2.34. The summed E-state index contributed by atoms with van der Waals surface area (Å²) < 4.78 is 6.12. The zero-order valence-electron chi connectivity index (χ0n) is 23.5. The number of carbonyl (C=O) groups is 2. The van der Waals surface area contributed by atoms with E-state index in [2.05, 4.69) is 27.7 Å². The molecule has 5 N–H and O–H groups in total. The Hall–Kier alpha value is -1.67. The Kier molecular flexibility index (Phi) is 10.9. The first kappa shape index (κ1) is 31.3. The van der Waals surface area contributed by atoms with Crippen LogP contribution in [0.5, 0.6) is 0 Å². The number of aliphatic hydroxyl groups is 3. The van der Waals surface area contributed by atoms with Crippen LogP contribution in [-0.4, -0.2) is 105 Å². The van der Waals surface area contributed by atoms with Gasteiger partial charge in [-0.15, -0.1) is 23.5 Å². The fraction of sp³-hybridized carbons (Fsp3) is 0.679. The van der Waals surface area contributed by atoms with Crippen molar-refractivity contribution in [2.75, 3.05) is 19.8 Å². The summed E-state index contributed by atoms with van der Waals surface area (Å²) in [6, 6.07) is 6.93. The Bertz CT molecular complexity index is 1060. The SMILES string of the molecule is CCC[C@@H]1C[C@@H](C(=O)NC([C@H]2O[C@H](SC)[C@H](O)[C@@H](O)[C@H]2O)[C@@H](C)Sc2ccc(C3=NNC(=O)CC3)cc2)N(C)C1. The highest BCUT2D eigenvalue weighted by Gasteiger charge is 2.48. The van der Waals surface area contributed by atoms with Gasteiger partial charge in [0.05, 0.1) is 17.8 Å². The molecule has 1 unspecified atom stereocenters. The van der Waals surface area contributed by atoms with Crippen LogP contribution in [0.2, 0.25) is 0 Å². The number of hydrogen-bond donors (Lipinski definition) is 5. The first-order chi connectivity index (χ1) is 19.1. The van der Waals surface area contributed by atoms with Crippen molar-refractivity contribution in [1.29, 1.82) is 0 Å². The van der Waals surface area contributed by atoms with Crippen molar-refractivity contribution in [2.24, 2.45) is 11.0 Å². The summed E-state index contributed by atoms with van der Waals surface area (Å²) in [6.07, 6.45) is 0.755. The van der Waals surface area contributed by atoms with Gasteiger partial charge in [0.1, 0.15) is 29.9 Å². The van der Waals surface area contributed by atoms with Crippen molar-refractivity contribution < 1.29 is 29.6 Å². The molecule has 12 heteroatoms. The minimum Gasteiger partial charge on any atom is -0.388 e. The molecule has 40 heavy (non-hydrogen) atoms. The lowest BCUT2D eigenvalue weighted by molar-refractivity contribution is -0.205. The maximum absolute atomic E-state index is 13.6. The average Bonchev–Trinajstić information content (AvgIpc) is 3.32. The normalized spacial score (nSPS) is 32.7. The molecule has 2 amide bonds. The molecule has 3 aliphatic heterocycles. The largest absolute Gasteiger partial charge is 0.388 e. The van der Waals surface area contributed by atoms with Gasteiger partial charge in [-0.05, 0) is 49.8 Å². The molecule has 0 radical (unpaired) electrons. The van der Waals surface area contributed by atoms with E-state index in [-0.39, 0.29) is 23.1 Å². The predicted molar refractivity (Wildman–Crippen MR) is 157 cm³/mol. The van der Waals surface area contributed by atoms with Crippen LogP contribution in [-0.2, 0) is 14.3 Å². The lowest BCUT2D eigenvalue weighted by Gasteiger charge is -2.44. The van der Waals surface area contributed by atoms with Gasteiger partial charge in [0, 0.05) is 29.5 Å². The molecule has 2 fully saturated rings. The molecular weight excluding hydrogens is 552 g/mol. The van der Waals surface area contributed by atoms with E-state index in [0.717, 1.165) is 42.0 Å². The van der Waals surface area contributed by atoms with E-state index in [0.29, 0.717) is 18.8 Å². The molecular formula is C28H42N4O6S2. The topological polar surface area (TPSA) is 144 Å². The predicted octanol–water partition coefficient (Wildman–Crippen LogP) is 1.56. The minimum atomic E-state index is -1.40. The van der Waals surface area contributed by atoms with Gasteiger partial charge in [-0.1, -0.05) is 32.4 Å². The number of hydrogen-bond acceptors (Lipinski definition) is 10. The summed E-state index contributed by atoms with van der Waals surface area (Å²) in [7, 11) is 1.96. The maximum Gasteiger partial charge on any atom is 0.240 e. The number of benzene rings is 1. The summed E-state index contributed by atoms with van der Waals surface area (Å²) in [4.78, 5) is 28.1. The number of ether oxygens (including phenoxy) is 1. The van der Waals surface area contributed by atoms with E-state index >= 15 is 0 Å². The number of likely N-dealkylation sites (N-methyl/N-ethyl adjacent to an activating group) is 1. The second-order valence-electron chi connectivity index (χ2n) is 11.0. The van der Waals surface area contributed by atoms with Gasteiger partial charge in [-0.2, -0.15) is 5.10 Å². The number of nitrogens with one attached hydrogen (secondary N) is 2. The fourth-order valence-electron chi connectivity index (χ4n) is 5.82. The summed E-state index contributed by atoms with van der Waals surface area (Å²) >= 11 is 2.78. The standard InChI is InChI=1S/C28H42N4O6S2/c1-5-6-16-13-20(32(3)14-16)27(37)29-22(26-24(35)23(34)25(36)28(38-26)39-4)15(2)40-18-9-7-17(8-10-18)19-11-12-21(33)31-30-19/h7-10,15-16,20,22-26,28,34-36H,5-6,11-14H2,1-4H3,(H,29,37)(H,31,33)/t15-,16-,20+,22?,23+,24-,25-,26-,28-/m1/s1. The number of likely N-dealkylation sites (tertiary alicyclic amines) is 1. The highest BCUT2D eigenvalue weighted by atomic mass is 32.2. The van der Waals surface area contributed by atoms with Crippen LogP contribution in [0.3, 0.4) is 0 Å². The Morgan fingerprint density at radius 2 is 1.93 bits per heavy atom. The summed E-state index contributed by atoms with van der Waals surface area (Å²) in [5.74, 6) is 0.255. The number of rotatable bonds is 10. The molecule has 4 rings (SSSR count). The molecule has 0 aliphatic carbocycles. The molecule has 0 spiro atoms. The van der Waals surface area contributed by atoms with Gasteiger partial charge < -0.3 is 25.4 Å². The Balaban J connectivity index is 1.52. The Labute approximate surface area is 244 Å². The van der Waals surface area contributed by atoms with Gasteiger partial charge >= 0.3 is 0 Å². The molecule has 222 valence electrons. The van der Waals surface area contributed by atoms with Crippen molar-refractivity contribution in [3.05, 3.63) is 29.8 Å². The molecule has 3 aliphatic rings. The second-order valence-corrected chi connectivity index (χ2v) is 13.4. The van der Waals surface area contributed by atoms with Crippen LogP contribution in [0, 0.1) is 5.92 Å². The highest BCUT2D eigenvalue weighted by molar-refractivity contribution is 8.00. The van der Waals surface area contributed by atoms with Gasteiger partial charge in [-0.3, -0.25) is 14.5 Å². The Morgan fingerprint density at radius 1 is 1.20 bits per heavy atom. The number of nitrogens with zero attached hydrogens (tertiary/aromatic N) is 2. The number of thioether (sulfide) groups is 2. The average molecular weight is 595 g/mol. The minimum absolute atomic E-state index is 0.0870. The quantitative estimate of drug-likeness (QED) is 0.255. The van der Waals surface area contributed by atoms with Gasteiger partial charge in [-0.25, -0.2) is 5.43 Å². The molecule has 9 atom stereocenters. The third-order valence-corrected chi connectivity index (χ3v) is 10.1. The van der Waals surface area contributed by atoms with Crippen LogP contribution >= 0.6 is 23.5 Å². The lowest BCUT2D eigenvalue weighted by Crippen LogP contribution is -2.65. The molecule has 0 bridgehead atoms. The maximum atomic E-state index is 13.6. The van der Waals surface area contributed by atoms with Crippen molar-refractivity contribution in [1.82, 2.24) is 15.6 Å². The van der Waals surface area contributed by atoms with E-state index < -0.39 is 35.9 Å². The Morgan fingerprint density at radius 3 is 2.55 bits per heavy atom. The molecule has 3 heterocycles. The zero-order valence-corrected chi connectivity index (χ0v) is 25.2. The van der Waals surface area contributed by atoms with Crippen LogP contribution in [0.15, 0.2) is 34.3 Å². The van der Waals surface area contributed by atoms with Crippen LogP contribution in [0.4, 0.5) is 0 Å². The molecule has 10 nitrogen and oxygen atoms in total. The van der Waals surface area contributed by atoms with Crippen LogP contribution < -0.4 is 10.7 Å². The zero-order chi connectivity index (χ0) is 29.0. The molecule has 1 aromatic carbocycles. The number of amides is 2. The van der Waals surface area contributed by atoms with Gasteiger partial charge in [0.2, 0.25) is 11.8 Å². The molecule has 0 aromatic heterocycles. The van der Waals surface area contributed by atoms with Crippen molar-refractivity contribution in [2.45, 2.75) is 98.0 Å². The van der Waals surface area contributed by atoms with Crippen LogP contribution in [0.1, 0.15) is 51.5 Å². The van der Waals surface area contributed by atoms with E-state index in [1.165, 1.54) is 23.5 Å². The summed E-state index contributed by atoms with van der Waals surface area (Å²) in [5, 5.41) is 39.1. The van der Waals surface area contributed by atoms with Crippen molar-refractivity contribution in [3.63, 3.8) is 0 Å². The molecule has 2 saturated heterocycles. The van der Waals surface area contributed by atoms with E-state index in [1.54, 1.807) is 6.26 Å². The van der Waals surface area contributed by atoms with Gasteiger partial charge in [0.15, 0.2) is 0 Å². The number of hydrazone groups is 1.